The molecule has 0 bridgehead atoms. The summed E-state index contributed by atoms with van der Waals surface area (Å²) < 4.78 is 5.11. The Bertz CT molecular complexity index is 739. The van der Waals surface area contributed by atoms with Crippen molar-refractivity contribution >= 4 is 22.8 Å². The molecule has 1 aromatic carbocycles. The molecule has 1 aliphatic rings. The minimum absolute atomic E-state index is 0.113. The van der Waals surface area contributed by atoms with E-state index in [0.717, 1.165) is 31.9 Å². The fourth-order valence-corrected chi connectivity index (χ4v) is 2.98. The Morgan fingerprint density at radius 1 is 1.22 bits per heavy atom. The van der Waals surface area contributed by atoms with Gasteiger partial charge in [0.05, 0.1) is 5.52 Å². The SMILES string of the molecule is CCN(CC)C(=O)N1CCN(c2ccc3[nH]c(=O)oc3c2)CC1. The third kappa shape index (κ3) is 3.04. The summed E-state index contributed by atoms with van der Waals surface area (Å²) in [5, 5.41) is 0. The first-order chi connectivity index (χ1) is 11.1. The van der Waals surface area contributed by atoms with Crippen LogP contribution in [0.2, 0.25) is 0 Å². The highest BCUT2D eigenvalue weighted by Crippen LogP contribution is 2.21. The zero-order valence-electron chi connectivity index (χ0n) is 13.5. The number of benzene rings is 1. The van der Waals surface area contributed by atoms with Gasteiger partial charge in [-0.3, -0.25) is 4.98 Å². The number of piperazine rings is 1. The molecule has 1 N–H and O–H groups in total. The van der Waals surface area contributed by atoms with Crippen molar-refractivity contribution in [1.82, 2.24) is 14.8 Å². The van der Waals surface area contributed by atoms with Crippen LogP contribution in [0.3, 0.4) is 0 Å². The average molecular weight is 318 g/mol. The van der Waals surface area contributed by atoms with E-state index >= 15 is 0 Å². The van der Waals surface area contributed by atoms with Crippen LogP contribution in [0.15, 0.2) is 27.4 Å². The van der Waals surface area contributed by atoms with E-state index < -0.39 is 5.76 Å². The summed E-state index contributed by atoms with van der Waals surface area (Å²) >= 11 is 0. The number of nitrogens with one attached hydrogen (secondary N) is 1. The van der Waals surface area contributed by atoms with Crippen molar-refractivity contribution < 1.29 is 9.21 Å². The molecule has 23 heavy (non-hydrogen) atoms. The lowest BCUT2D eigenvalue weighted by molar-refractivity contribution is 0.154. The number of rotatable bonds is 3. The van der Waals surface area contributed by atoms with E-state index in [0.29, 0.717) is 24.2 Å². The normalized spacial score (nSPS) is 15.2. The molecule has 7 heteroatoms. The predicted octanol–water partition coefficient (Wildman–Crippen LogP) is 1.70. The number of amides is 2. The summed E-state index contributed by atoms with van der Waals surface area (Å²) in [5.41, 5.74) is 2.28. The second-order valence-electron chi connectivity index (χ2n) is 5.62. The summed E-state index contributed by atoms with van der Waals surface area (Å²) in [7, 11) is 0. The fraction of sp³-hybridized carbons (Fsp3) is 0.500. The zero-order chi connectivity index (χ0) is 16.4. The van der Waals surface area contributed by atoms with E-state index in [1.54, 1.807) is 0 Å². The number of hydrogen-bond donors (Lipinski definition) is 1. The molecule has 0 radical (unpaired) electrons. The van der Waals surface area contributed by atoms with Crippen LogP contribution < -0.4 is 10.7 Å². The molecule has 0 aliphatic carbocycles. The van der Waals surface area contributed by atoms with Gasteiger partial charge in [0.2, 0.25) is 0 Å². The minimum Gasteiger partial charge on any atom is -0.408 e. The maximum atomic E-state index is 12.4. The minimum atomic E-state index is -0.438. The number of H-pyrrole nitrogens is 1. The molecule has 1 aliphatic heterocycles. The summed E-state index contributed by atoms with van der Waals surface area (Å²) in [4.78, 5) is 32.2. The highest BCUT2D eigenvalue weighted by molar-refractivity contribution is 5.77. The Balaban J connectivity index is 1.68. The molecule has 0 unspecified atom stereocenters. The zero-order valence-corrected chi connectivity index (χ0v) is 13.5. The molecule has 1 aromatic heterocycles. The van der Waals surface area contributed by atoms with Crippen LogP contribution in [0.25, 0.3) is 11.1 Å². The molecule has 2 aromatic rings. The Morgan fingerprint density at radius 3 is 2.57 bits per heavy atom. The first kappa shape index (κ1) is 15.5. The van der Waals surface area contributed by atoms with E-state index in [-0.39, 0.29) is 6.03 Å². The van der Waals surface area contributed by atoms with Gasteiger partial charge in [-0.05, 0) is 26.0 Å². The average Bonchev–Trinajstić information content (AvgIpc) is 2.95. The number of nitrogens with zero attached hydrogens (tertiary/aromatic N) is 3. The van der Waals surface area contributed by atoms with E-state index in [4.69, 9.17) is 4.42 Å². The second-order valence-corrected chi connectivity index (χ2v) is 5.62. The van der Waals surface area contributed by atoms with Crippen LogP contribution >= 0.6 is 0 Å². The Labute approximate surface area is 134 Å². The van der Waals surface area contributed by atoms with Crippen molar-refractivity contribution in [3.8, 4) is 0 Å². The van der Waals surface area contributed by atoms with Gasteiger partial charge >= 0.3 is 11.8 Å². The van der Waals surface area contributed by atoms with E-state index in [1.165, 1.54) is 0 Å². The molecule has 1 saturated heterocycles. The molecule has 124 valence electrons. The van der Waals surface area contributed by atoms with Crippen LogP contribution in [0, 0.1) is 0 Å². The maximum absolute atomic E-state index is 12.4. The summed E-state index contributed by atoms with van der Waals surface area (Å²) in [6.45, 7) is 8.40. The van der Waals surface area contributed by atoms with Crippen LogP contribution in [0.5, 0.6) is 0 Å². The number of aromatic nitrogens is 1. The topological polar surface area (TPSA) is 72.8 Å². The summed E-state index contributed by atoms with van der Waals surface area (Å²) in [6.07, 6.45) is 0. The van der Waals surface area contributed by atoms with Crippen molar-refractivity contribution in [3.05, 3.63) is 28.7 Å². The lowest BCUT2D eigenvalue weighted by Crippen LogP contribution is -2.52. The quantitative estimate of drug-likeness (QED) is 0.935. The van der Waals surface area contributed by atoms with E-state index in [9.17, 15) is 9.59 Å². The lowest BCUT2D eigenvalue weighted by Gasteiger charge is -2.38. The van der Waals surface area contributed by atoms with Crippen LogP contribution in [-0.4, -0.2) is 60.1 Å². The van der Waals surface area contributed by atoms with Crippen LogP contribution in [0.4, 0.5) is 10.5 Å². The van der Waals surface area contributed by atoms with Gasteiger partial charge in [-0.1, -0.05) is 0 Å². The van der Waals surface area contributed by atoms with Crippen LogP contribution in [-0.2, 0) is 0 Å². The maximum Gasteiger partial charge on any atom is 0.417 e. The van der Waals surface area contributed by atoms with Gasteiger partial charge in [0.25, 0.3) is 0 Å². The number of oxazole rings is 1. The van der Waals surface area contributed by atoms with Gasteiger partial charge in [-0.15, -0.1) is 0 Å². The van der Waals surface area contributed by atoms with Crippen molar-refractivity contribution in [3.63, 3.8) is 0 Å². The monoisotopic (exact) mass is 318 g/mol. The van der Waals surface area contributed by atoms with Crippen molar-refractivity contribution in [2.45, 2.75) is 13.8 Å². The third-order valence-electron chi connectivity index (χ3n) is 4.35. The molecule has 2 heterocycles. The number of anilines is 1. The van der Waals surface area contributed by atoms with E-state index in [1.807, 2.05) is 41.8 Å². The Morgan fingerprint density at radius 2 is 1.91 bits per heavy atom. The summed E-state index contributed by atoms with van der Waals surface area (Å²) in [5.74, 6) is -0.438. The molecule has 0 atom stereocenters. The fourth-order valence-electron chi connectivity index (χ4n) is 2.98. The van der Waals surface area contributed by atoms with Crippen molar-refractivity contribution in [2.75, 3.05) is 44.2 Å². The first-order valence-corrected chi connectivity index (χ1v) is 8.04. The smallest absolute Gasteiger partial charge is 0.408 e. The van der Waals surface area contributed by atoms with Gasteiger partial charge in [0.15, 0.2) is 5.58 Å². The lowest BCUT2D eigenvalue weighted by atomic mass is 10.2. The van der Waals surface area contributed by atoms with Crippen molar-refractivity contribution in [2.24, 2.45) is 0 Å². The number of carbonyl (C=O) groups is 1. The molecule has 1 fully saturated rings. The molecule has 3 rings (SSSR count). The van der Waals surface area contributed by atoms with Gasteiger partial charge in [0.1, 0.15) is 0 Å². The number of carbonyl (C=O) groups excluding carboxylic acids is 1. The number of fused-ring (bicyclic) bond motifs is 1. The Hall–Kier alpha value is -2.44. The predicted molar refractivity (Wildman–Crippen MR) is 88.9 cm³/mol. The first-order valence-electron chi connectivity index (χ1n) is 8.04. The van der Waals surface area contributed by atoms with Crippen molar-refractivity contribution in [1.29, 1.82) is 0 Å². The molecule has 2 amide bonds. The van der Waals surface area contributed by atoms with Gasteiger partial charge in [-0.2, -0.15) is 0 Å². The highest BCUT2D eigenvalue weighted by Gasteiger charge is 2.24. The van der Waals surface area contributed by atoms with Gasteiger partial charge < -0.3 is 19.1 Å². The second kappa shape index (κ2) is 6.36. The standard InChI is InChI=1S/C16H22N4O3/c1-3-18(4-2)16(22)20-9-7-19(8-10-20)12-5-6-13-14(11-12)23-15(21)17-13/h5-6,11H,3-4,7-10H2,1-2H3,(H,17,21). The summed E-state index contributed by atoms with van der Waals surface area (Å²) in [6, 6.07) is 5.80. The van der Waals surface area contributed by atoms with Gasteiger partial charge in [0, 0.05) is 51.0 Å². The molecule has 7 nitrogen and oxygen atoms in total. The molecule has 0 spiro atoms. The Kier molecular flexibility index (Phi) is 4.27. The van der Waals surface area contributed by atoms with Gasteiger partial charge in [-0.25, -0.2) is 9.59 Å². The molecular weight excluding hydrogens is 296 g/mol. The number of hydrogen-bond acceptors (Lipinski definition) is 4. The third-order valence-corrected chi connectivity index (χ3v) is 4.35. The molecular formula is C16H22N4O3. The van der Waals surface area contributed by atoms with E-state index in [2.05, 4.69) is 9.88 Å². The number of aromatic amines is 1. The van der Waals surface area contributed by atoms with Crippen LogP contribution in [0.1, 0.15) is 13.8 Å². The highest BCUT2D eigenvalue weighted by atomic mass is 16.4. The number of urea groups is 1. The largest absolute Gasteiger partial charge is 0.417 e. The molecule has 0 saturated carbocycles.